The predicted octanol–water partition coefficient (Wildman–Crippen LogP) is 3.56. The second-order valence-electron chi connectivity index (χ2n) is 6.85. The molecule has 0 saturated carbocycles. The largest absolute Gasteiger partial charge is 0.454 e. The highest BCUT2D eigenvalue weighted by molar-refractivity contribution is 5.80. The molecule has 8 heteroatoms. The molecule has 0 N–H and O–H groups in total. The first-order valence-corrected chi connectivity index (χ1v) is 9.39. The molecule has 0 bridgehead atoms. The molecule has 1 aliphatic heterocycles. The molecule has 8 nitrogen and oxygen atoms in total. The topological polar surface area (TPSA) is 92.3 Å². The van der Waals surface area contributed by atoms with Gasteiger partial charge in [-0.2, -0.15) is 4.98 Å². The molecule has 2 aromatic carbocycles. The lowest BCUT2D eigenvalue weighted by molar-refractivity contribution is 0.174. The van der Waals surface area contributed by atoms with E-state index in [0.29, 0.717) is 35.5 Å². The van der Waals surface area contributed by atoms with Gasteiger partial charge in [0.05, 0.1) is 11.0 Å². The minimum atomic E-state index is -0.0586. The Hall–Kier alpha value is -3.68. The van der Waals surface area contributed by atoms with Gasteiger partial charge in [-0.25, -0.2) is 4.98 Å². The van der Waals surface area contributed by atoms with Crippen LogP contribution in [-0.4, -0.2) is 26.5 Å². The number of benzene rings is 2. The van der Waals surface area contributed by atoms with E-state index in [1.165, 1.54) is 0 Å². The highest BCUT2D eigenvalue weighted by Gasteiger charge is 2.18. The van der Waals surface area contributed by atoms with E-state index in [4.69, 9.17) is 14.0 Å². The first kappa shape index (κ1) is 17.4. The van der Waals surface area contributed by atoms with Crippen molar-refractivity contribution >= 4 is 11.0 Å². The summed E-state index contributed by atoms with van der Waals surface area (Å²) >= 11 is 0. The van der Waals surface area contributed by atoms with Crippen LogP contribution in [0.15, 0.2) is 45.7 Å². The van der Waals surface area contributed by atoms with Crippen LogP contribution < -0.4 is 15.0 Å². The van der Waals surface area contributed by atoms with Gasteiger partial charge in [0.15, 0.2) is 11.5 Å². The number of ether oxygens (including phenoxy) is 2. The summed E-state index contributed by atoms with van der Waals surface area (Å²) in [5.74, 6) is 2.19. The van der Waals surface area contributed by atoms with E-state index in [-0.39, 0.29) is 12.4 Å². The van der Waals surface area contributed by atoms with Crippen molar-refractivity contribution in [2.24, 2.45) is 0 Å². The van der Waals surface area contributed by atoms with Crippen molar-refractivity contribution < 1.29 is 14.0 Å². The van der Waals surface area contributed by atoms with Crippen LogP contribution in [0.5, 0.6) is 11.5 Å². The van der Waals surface area contributed by atoms with Gasteiger partial charge in [-0.15, -0.1) is 0 Å². The Balaban J connectivity index is 1.55. The maximum Gasteiger partial charge on any atom is 0.272 e. The SMILES string of the molecule is CCCn1c(=O)c(C)nc2cc(-c3noc(-c4ccc5c(c4)OCO5)n3)ccc21. The molecule has 0 spiro atoms. The lowest BCUT2D eigenvalue weighted by Crippen LogP contribution is -2.24. The second-order valence-corrected chi connectivity index (χ2v) is 6.85. The van der Waals surface area contributed by atoms with Crippen molar-refractivity contribution in [2.75, 3.05) is 6.79 Å². The van der Waals surface area contributed by atoms with Gasteiger partial charge in [0.1, 0.15) is 5.69 Å². The average molecular weight is 390 g/mol. The first-order chi connectivity index (χ1) is 14.1. The van der Waals surface area contributed by atoms with Gasteiger partial charge >= 0.3 is 0 Å². The van der Waals surface area contributed by atoms with Crippen molar-refractivity contribution in [1.29, 1.82) is 0 Å². The smallest absolute Gasteiger partial charge is 0.272 e. The highest BCUT2D eigenvalue weighted by atomic mass is 16.7. The molecule has 29 heavy (non-hydrogen) atoms. The number of aryl methyl sites for hydroxylation is 2. The molecule has 3 heterocycles. The maximum absolute atomic E-state index is 12.4. The lowest BCUT2D eigenvalue weighted by Gasteiger charge is -2.10. The van der Waals surface area contributed by atoms with E-state index in [9.17, 15) is 4.79 Å². The normalized spacial score (nSPS) is 12.6. The Morgan fingerprint density at radius 3 is 2.72 bits per heavy atom. The molecular weight excluding hydrogens is 372 g/mol. The highest BCUT2D eigenvalue weighted by Crippen LogP contribution is 2.36. The van der Waals surface area contributed by atoms with Crippen LogP contribution in [0.25, 0.3) is 33.9 Å². The van der Waals surface area contributed by atoms with E-state index in [0.717, 1.165) is 28.6 Å². The minimum Gasteiger partial charge on any atom is -0.454 e. The third kappa shape index (κ3) is 2.93. The Morgan fingerprint density at radius 2 is 1.86 bits per heavy atom. The van der Waals surface area contributed by atoms with Crippen molar-refractivity contribution in [3.63, 3.8) is 0 Å². The van der Waals surface area contributed by atoms with Crippen molar-refractivity contribution in [2.45, 2.75) is 26.8 Å². The van der Waals surface area contributed by atoms with Crippen LogP contribution >= 0.6 is 0 Å². The van der Waals surface area contributed by atoms with E-state index >= 15 is 0 Å². The fourth-order valence-electron chi connectivity index (χ4n) is 3.45. The van der Waals surface area contributed by atoms with Gasteiger partial charge in [-0.05, 0) is 49.7 Å². The third-order valence-corrected chi connectivity index (χ3v) is 4.86. The van der Waals surface area contributed by atoms with Crippen LogP contribution in [0.2, 0.25) is 0 Å². The van der Waals surface area contributed by atoms with E-state index in [1.807, 2.05) is 43.3 Å². The second kappa shape index (κ2) is 6.73. The maximum atomic E-state index is 12.4. The van der Waals surface area contributed by atoms with Crippen molar-refractivity contribution in [3.05, 3.63) is 52.4 Å². The summed E-state index contributed by atoms with van der Waals surface area (Å²) in [4.78, 5) is 21.4. The van der Waals surface area contributed by atoms with Gasteiger partial charge in [-0.3, -0.25) is 4.79 Å². The molecule has 0 fully saturated rings. The number of fused-ring (bicyclic) bond motifs is 2. The number of aromatic nitrogens is 4. The summed E-state index contributed by atoms with van der Waals surface area (Å²) in [6.07, 6.45) is 0.865. The molecule has 0 saturated heterocycles. The fourth-order valence-corrected chi connectivity index (χ4v) is 3.45. The average Bonchev–Trinajstić information content (AvgIpc) is 3.40. The Morgan fingerprint density at radius 1 is 1.03 bits per heavy atom. The fraction of sp³-hybridized carbons (Fsp3) is 0.238. The van der Waals surface area contributed by atoms with Crippen LogP contribution in [0, 0.1) is 6.92 Å². The van der Waals surface area contributed by atoms with Crippen LogP contribution in [-0.2, 0) is 6.54 Å². The quantitative estimate of drug-likeness (QED) is 0.526. The molecule has 5 rings (SSSR count). The first-order valence-electron chi connectivity index (χ1n) is 9.39. The number of hydrogen-bond donors (Lipinski definition) is 0. The summed E-state index contributed by atoms with van der Waals surface area (Å²) in [6, 6.07) is 11.1. The zero-order valence-electron chi connectivity index (χ0n) is 16.0. The predicted molar refractivity (Wildman–Crippen MR) is 106 cm³/mol. The zero-order chi connectivity index (χ0) is 20.0. The third-order valence-electron chi connectivity index (χ3n) is 4.86. The van der Waals surface area contributed by atoms with E-state index < -0.39 is 0 Å². The summed E-state index contributed by atoms with van der Waals surface area (Å²) in [5.41, 5.74) is 3.45. The molecule has 0 amide bonds. The van der Waals surface area contributed by atoms with Crippen molar-refractivity contribution in [3.8, 4) is 34.3 Å². The number of nitrogens with zero attached hydrogens (tertiary/aromatic N) is 4. The van der Waals surface area contributed by atoms with Crippen LogP contribution in [0.3, 0.4) is 0 Å². The summed E-state index contributed by atoms with van der Waals surface area (Å²) in [7, 11) is 0. The molecule has 2 aromatic heterocycles. The van der Waals surface area contributed by atoms with E-state index in [1.54, 1.807) is 11.5 Å². The van der Waals surface area contributed by atoms with Gasteiger partial charge in [-0.1, -0.05) is 12.1 Å². The molecule has 4 aromatic rings. The molecule has 0 radical (unpaired) electrons. The monoisotopic (exact) mass is 390 g/mol. The standard InChI is InChI=1S/C21H18N4O4/c1-3-8-25-16-6-4-13(9-15(16)22-12(2)21(25)26)19-23-20(29-24-19)14-5-7-17-18(10-14)28-11-27-17/h4-7,9-10H,3,8,11H2,1-2H3. The molecule has 0 unspecified atom stereocenters. The summed E-state index contributed by atoms with van der Waals surface area (Å²) in [5, 5.41) is 4.11. The molecule has 0 aliphatic carbocycles. The molecule has 0 atom stereocenters. The summed E-state index contributed by atoms with van der Waals surface area (Å²) < 4.78 is 17.9. The number of hydrogen-bond acceptors (Lipinski definition) is 7. The van der Waals surface area contributed by atoms with Crippen molar-refractivity contribution in [1.82, 2.24) is 19.7 Å². The Kier molecular flexibility index (Phi) is 4.04. The lowest BCUT2D eigenvalue weighted by atomic mass is 10.1. The molecule has 146 valence electrons. The summed E-state index contributed by atoms with van der Waals surface area (Å²) in [6.45, 7) is 4.63. The van der Waals surface area contributed by atoms with Gasteiger partial charge in [0.25, 0.3) is 11.4 Å². The Bertz CT molecular complexity index is 1290. The van der Waals surface area contributed by atoms with E-state index in [2.05, 4.69) is 15.1 Å². The molecule has 1 aliphatic rings. The van der Waals surface area contributed by atoms with Crippen LogP contribution in [0.4, 0.5) is 0 Å². The van der Waals surface area contributed by atoms with Gasteiger partial charge < -0.3 is 18.6 Å². The zero-order valence-corrected chi connectivity index (χ0v) is 16.0. The van der Waals surface area contributed by atoms with Crippen LogP contribution in [0.1, 0.15) is 19.0 Å². The van der Waals surface area contributed by atoms with Gasteiger partial charge in [0, 0.05) is 17.7 Å². The number of rotatable bonds is 4. The van der Waals surface area contributed by atoms with Gasteiger partial charge in [0.2, 0.25) is 12.6 Å². The Labute approximate surface area is 165 Å². The minimum absolute atomic E-state index is 0.0586. The molecular formula is C21H18N4O4.